The Balaban J connectivity index is 1.51. The minimum absolute atomic E-state index is 0.0497. The molecule has 1 N–H and O–H groups in total. The lowest BCUT2D eigenvalue weighted by atomic mass is 10.1. The molecule has 7 heteroatoms. The van der Waals surface area contributed by atoms with Crippen molar-refractivity contribution in [2.75, 3.05) is 18.4 Å². The summed E-state index contributed by atoms with van der Waals surface area (Å²) < 4.78 is 0. The van der Waals surface area contributed by atoms with Crippen LogP contribution < -0.4 is 5.32 Å². The van der Waals surface area contributed by atoms with Crippen LogP contribution in [0.2, 0.25) is 0 Å². The quantitative estimate of drug-likeness (QED) is 0.502. The Morgan fingerprint density at radius 3 is 2.69 bits per heavy atom. The molecule has 0 unspecified atom stereocenters. The van der Waals surface area contributed by atoms with Gasteiger partial charge in [0.1, 0.15) is 5.82 Å². The third-order valence-corrected chi connectivity index (χ3v) is 5.19. The zero-order valence-electron chi connectivity index (χ0n) is 16.0. The molecule has 0 aliphatic carbocycles. The van der Waals surface area contributed by atoms with Crippen molar-refractivity contribution in [2.45, 2.75) is 25.9 Å². The van der Waals surface area contributed by atoms with Gasteiger partial charge < -0.3 is 5.32 Å². The SMILES string of the molecule is N#Cc1cc(NCc2cccc(CN3CCCC3)c2)nc2ccc([N+](=O)[O-])cc12. The molecule has 4 rings (SSSR count). The largest absolute Gasteiger partial charge is 0.366 e. The highest BCUT2D eigenvalue weighted by Gasteiger charge is 2.13. The lowest BCUT2D eigenvalue weighted by molar-refractivity contribution is -0.384. The van der Waals surface area contributed by atoms with E-state index < -0.39 is 4.92 Å². The van der Waals surface area contributed by atoms with Gasteiger partial charge in [-0.15, -0.1) is 0 Å². The number of anilines is 1. The topological polar surface area (TPSA) is 95.1 Å². The minimum Gasteiger partial charge on any atom is -0.366 e. The van der Waals surface area contributed by atoms with Crippen LogP contribution in [-0.4, -0.2) is 27.9 Å². The first kappa shape index (κ1) is 18.8. The molecule has 2 heterocycles. The molecule has 0 radical (unpaired) electrons. The lowest BCUT2D eigenvalue weighted by Gasteiger charge is -2.15. The second kappa shape index (κ2) is 8.25. The standard InChI is InChI=1S/C22H21N5O2/c23-13-18-11-22(25-21-7-6-19(27(28)29)12-20(18)21)24-14-16-4-3-5-17(10-16)15-26-8-1-2-9-26/h3-7,10-12H,1-2,8-9,14-15H2,(H,24,25). The lowest BCUT2D eigenvalue weighted by Crippen LogP contribution is -2.18. The first-order valence-electron chi connectivity index (χ1n) is 9.66. The number of nitro groups is 1. The summed E-state index contributed by atoms with van der Waals surface area (Å²) >= 11 is 0. The average molecular weight is 387 g/mol. The fraction of sp³-hybridized carbons (Fsp3) is 0.273. The second-order valence-electron chi connectivity index (χ2n) is 7.28. The van der Waals surface area contributed by atoms with Crippen molar-refractivity contribution < 1.29 is 4.92 Å². The van der Waals surface area contributed by atoms with Crippen LogP contribution >= 0.6 is 0 Å². The van der Waals surface area contributed by atoms with E-state index in [2.05, 4.69) is 45.5 Å². The Kier molecular flexibility index (Phi) is 5.36. The van der Waals surface area contributed by atoms with Gasteiger partial charge in [-0.05, 0) is 49.2 Å². The van der Waals surface area contributed by atoms with Gasteiger partial charge in [0, 0.05) is 30.6 Å². The number of nitrogens with zero attached hydrogens (tertiary/aromatic N) is 4. The first-order valence-corrected chi connectivity index (χ1v) is 9.66. The van der Waals surface area contributed by atoms with Crippen LogP contribution in [0, 0.1) is 21.4 Å². The van der Waals surface area contributed by atoms with E-state index in [1.54, 1.807) is 12.1 Å². The van der Waals surface area contributed by atoms with Crippen molar-refractivity contribution in [2.24, 2.45) is 0 Å². The number of non-ortho nitro benzene ring substituents is 1. The number of nitro benzene ring substituents is 1. The molecule has 1 aromatic heterocycles. The number of nitriles is 1. The van der Waals surface area contributed by atoms with E-state index in [1.165, 1.54) is 43.6 Å². The van der Waals surface area contributed by atoms with Gasteiger partial charge in [0.2, 0.25) is 0 Å². The molecular formula is C22H21N5O2. The maximum absolute atomic E-state index is 11.0. The Hall–Kier alpha value is -3.50. The summed E-state index contributed by atoms with van der Waals surface area (Å²) in [5.74, 6) is 0.577. The van der Waals surface area contributed by atoms with E-state index in [1.807, 2.05) is 0 Å². The van der Waals surface area contributed by atoms with Gasteiger partial charge in [-0.3, -0.25) is 15.0 Å². The van der Waals surface area contributed by atoms with Crippen LogP contribution in [0.15, 0.2) is 48.5 Å². The average Bonchev–Trinajstić information content (AvgIpc) is 3.24. The third-order valence-electron chi connectivity index (χ3n) is 5.19. The number of likely N-dealkylation sites (tertiary alicyclic amines) is 1. The zero-order chi connectivity index (χ0) is 20.2. The van der Waals surface area contributed by atoms with Gasteiger partial charge in [-0.1, -0.05) is 24.3 Å². The van der Waals surface area contributed by atoms with Gasteiger partial charge in [0.25, 0.3) is 5.69 Å². The fourth-order valence-electron chi connectivity index (χ4n) is 3.74. The molecule has 0 bridgehead atoms. The highest BCUT2D eigenvalue weighted by molar-refractivity contribution is 5.88. The van der Waals surface area contributed by atoms with Gasteiger partial charge >= 0.3 is 0 Å². The summed E-state index contributed by atoms with van der Waals surface area (Å²) in [4.78, 5) is 17.5. The van der Waals surface area contributed by atoms with Gasteiger partial charge in [-0.2, -0.15) is 5.26 Å². The first-order chi connectivity index (χ1) is 14.1. The van der Waals surface area contributed by atoms with Crippen molar-refractivity contribution in [1.82, 2.24) is 9.88 Å². The zero-order valence-corrected chi connectivity index (χ0v) is 16.0. The summed E-state index contributed by atoms with van der Waals surface area (Å²) in [6, 6.07) is 16.6. The third kappa shape index (κ3) is 4.33. The van der Waals surface area contributed by atoms with Gasteiger partial charge in [0.15, 0.2) is 0 Å². The molecule has 2 aromatic carbocycles. The molecule has 1 aliphatic heterocycles. The second-order valence-corrected chi connectivity index (χ2v) is 7.28. The van der Waals surface area contributed by atoms with Crippen molar-refractivity contribution in [3.63, 3.8) is 0 Å². The Bertz CT molecular complexity index is 1100. The van der Waals surface area contributed by atoms with E-state index in [0.29, 0.717) is 28.8 Å². The molecule has 146 valence electrons. The van der Waals surface area contributed by atoms with Crippen molar-refractivity contribution >= 4 is 22.4 Å². The van der Waals surface area contributed by atoms with Crippen LogP contribution in [0.4, 0.5) is 11.5 Å². The number of aromatic nitrogens is 1. The maximum atomic E-state index is 11.0. The molecule has 7 nitrogen and oxygen atoms in total. The summed E-state index contributed by atoms with van der Waals surface area (Å²) in [5, 5.41) is 24.2. The van der Waals surface area contributed by atoms with Gasteiger partial charge in [0.05, 0.1) is 22.1 Å². The predicted molar refractivity (Wildman–Crippen MR) is 111 cm³/mol. The van der Waals surface area contributed by atoms with Crippen LogP contribution in [0.3, 0.4) is 0 Å². The monoisotopic (exact) mass is 387 g/mol. The Morgan fingerprint density at radius 1 is 1.14 bits per heavy atom. The van der Waals surface area contributed by atoms with E-state index >= 15 is 0 Å². The highest BCUT2D eigenvalue weighted by atomic mass is 16.6. The van der Waals surface area contributed by atoms with Crippen LogP contribution in [-0.2, 0) is 13.1 Å². The summed E-state index contributed by atoms with van der Waals surface area (Å²) in [7, 11) is 0. The molecule has 0 saturated carbocycles. The molecule has 0 atom stereocenters. The molecule has 0 amide bonds. The van der Waals surface area contributed by atoms with E-state index in [0.717, 1.165) is 12.1 Å². The van der Waals surface area contributed by atoms with E-state index in [-0.39, 0.29) is 5.69 Å². The van der Waals surface area contributed by atoms with Crippen LogP contribution in [0.25, 0.3) is 10.9 Å². The molecule has 0 spiro atoms. The Morgan fingerprint density at radius 2 is 1.93 bits per heavy atom. The molecule has 29 heavy (non-hydrogen) atoms. The van der Waals surface area contributed by atoms with E-state index in [4.69, 9.17) is 0 Å². The number of rotatable bonds is 6. The van der Waals surface area contributed by atoms with E-state index in [9.17, 15) is 15.4 Å². The summed E-state index contributed by atoms with van der Waals surface area (Å²) in [5.41, 5.74) is 3.31. The predicted octanol–water partition coefficient (Wildman–Crippen LogP) is 4.22. The van der Waals surface area contributed by atoms with Crippen molar-refractivity contribution in [3.05, 3.63) is 75.3 Å². The highest BCUT2D eigenvalue weighted by Crippen LogP contribution is 2.25. The maximum Gasteiger partial charge on any atom is 0.270 e. The normalized spacial score (nSPS) is 14.0. The number of nitrogens with one attached hydrogen (secondary N) is 1. The molecule has 1 fully saturated rings. The van der Waals surface area contributed by atoms with Crippen LogP contribution in [0.5, 0.6) is 0 Å². The van der Waals surface area contributed by atoms with Gasteiger partial charge in [-0.25, -0.2) is 4.98 Å². The number of benzene rings is 2. The van der Waals surface area contributed by atoms with Crippen molar-refractivity contribution in [1.29, 1.82) is 5.26 Å². The van der Waals surface area contributed by atoms with Crippen molar-refractivity contribution in [3.8, 4) is 6.07 Å². The number of hydrogen-bond donors (Lipinski definition) is 1. The number of pyridine rings is 1. The smallest absolute Gasteiger partial charge is 0.270 e. The summed E-state index contributed by atoms with van der Waals surface area (Å²) in [6.45, 7) is 3.89. The Labute approximate surface area is 168 Å². The molecule has 1 aliphatic rings. The number of hydrogen-bond acceptors (Lipinski definition) is 6. The molecule has 3 aromatic rings. The van der Waals surface area contributed by atoms with Crippen LogP contribution in [0.1, 0.15) is 29.5 Å². The summed E-state index contributed by atoms with van der Waals surface area (Å²) in [6.07, 6.45) is 2.55. The molecular weight excluding hydrogens is 366 g/mol. The minimum atomic E-state index is -0.470. The number of fused-ring (bicyclic) bond motifs is 1. The molecule has 1 saturated heterocycles. The fourth-order valence-corrected chi connectivity index (χ4v) is 3.74.